The number of nitrogens with two attached hydrogens (primary N) is 1. The molecule has 0 spiro atoms. The van der Waals surface area contributed by atoms with Crippen molar-refractivity contribution >= 4 is 11.7 Å². The summed E-state index contributed by atoms with van der Waals surface area (Å²) in [5.74, 6) is 0.518. The van der Waals surface area contributed by atoms with E-state index in [4.69, 9.17) is 15.7 Å². The Bertz CT molecular complexity index is 325. The number of oxime groups is 1. The minimum absolute atomic E-state index is 0.0116. The van der Waals surface area contributed by atoms with Crippen LogP contribution in [0.5, 0.6) is 0 Å². The summed E-state index contributed by atoms with van der Waals surface area (Å²) in [7, 11) is 1.63. The minimum atomic E-state index is -0.818. The van der Waals surface area contributed by atoms with Gasteiger partial charge in [0.25, 0.3) is 0 Å². The van der Waals surface area contributed by atoms with Crippen LogP contribution in [0.3, 0.4) is 0 Å². The fourth-order valence-electron chi connectivity index (χ4n) is 2.52. The van der Waals surface area contributed by atoms with Crippen LogP contribution in [-0.4, -0.2) is 37.2 Å². The van der Waals surface area contributed by atoms with Gasteiger partial charge in [-0.2, -0.15) is 0 Å². The molecular weight excluding hydrogens is 234 g/mol. The Morgan fingerprint density at radius 1 is 1.67 bits per heavy atom. The molecule has 1 unspecified atom stereocenters. The minimum Gasteiger partial charge on any atom is -0.409 e. The van der Waals surface area contributed by atoms with Crippen LogP contribution in [-0.2, 0) is 9.53 Å². The Labute approximate surface area is 108 Å². The Morgan fingerprint density at radius 2 is 2.28 bits per heavy atom. The van der Waals surface area contributed by atoms with E-state index in [1.165, 1.54) is 0 Å². The highest BCUT2D eigenvalue weighted by molar-refractivity contribution is 6.07. The van der Waals surface area contributed by atoms with Gasteiger partial charge in [-0.05, 0) is 24.7 Å². The number of carbonyl (C=O) groups excluding carboxylic acids is 1. The maximum atomic E-state index is 12.2. The summed E-state index contributed by atoms with van der Waals surface area (Å²) in [4.78, 5) is 12.2. The van der Waals surface area contributed by atoms with Crippen molar-refractivity contribution in [3.05, 3.63) is 0 Å². The molecule has 1 amide bonds. The molecule has 1 saturated carbocycles. The standard InChI is InChI=1S/C12H23N3O3/c1-8-4-12(5-8,10(13)15-17)11(16)14-6-9(2)7-18-3/h8-9,17H,4-7H2,1-3H3,(H2,13,15)(H,14,16). The predicted octanol–water partition coefficient (Wildman–Crippen LogP) is 0.548. The monoisotopic (exact) mass is 257 g/mol. The number of nitrogens with one attached hydrogen (secondary N) is 1. The first-order chi connectivity index (χ1) is 8.46. The molecule has 1 fully saturated rings. The first-order valence-electron chi connectivity index (χ1n) is 6.21. The van der Waals surface area contributed by atoms with Crippen molar-refractivity contribution in [1.29, 1.82) is 0 Å². The number of methoxy groups -OCH3 is 1. The molecule has 0 saturated heterocycles. The van der Waals surface area contributed by atoms with Crippen molar-refractivity contribution in [2.24, 2.45) is 28.1 Å². The summed E-state index contributed by atoms with van der Waals surface area (Å²) in [6, 6.07) is 0. The number of ether oxygens (including phenoxy) is 1. The fourth-order valence-corrected chi connectivity index (χ4v) is 2.52. The van der Waals surface area contributed by atoms with Crippen molar-refractivity contribution in [3.8, 4) is 0 Å². The van der Waals surface area contributed by atoms with Gasteiger partial charge in [-0.15, -0.1) is 0 Å². The van der Waals surface area contributed by atoms with Gasteiger partial charge < -0.3 is 21.0 Å². The third-order valence-corrected chi connectivity index (χ3v) is 3.49. The van der Waals surface area contributed by atoms with E-state index in [1.54, 1.807) is 7.11 Å². The summed E-state index contributed by atoms with van der Waals surface area (Å²) < 4.78 is 5.01. The summed E-state index contributed by atoms with van der Waals surface area (Å²) >= 11 is 0. The van der Waals surface area contributed by atoms with Crippen LogP contribution in [0.15, 0.2) is 5.16 Å². The zero-order chi connectivity index (χ0) is 13.8. The second-order valence-electron chi connectivity index (χ2n) is 5.35. The zero-order valence-electron chi connectivity index (χ0n) is 11.3. The van der Waals surface area contributed by atoms with Gasteiger partial charge in [-0.3, -0.25) is 4.79 Å². The number of amidine groups is 1. The van der Waals surface area contributed by atoms with Crippen molar-refractivity contribution in [2.75, 3.05) is 20.3 Å². The van der Waals surface area contributed by atoms with Crippen LogP contribution in [0.4, 0.5) is 0 Å². The molecule has 1 aliphatic carbocycles. The van der Waals surface area contributed by atoms with Gasteiger partial charge in [0.2, 0.25) is 5.91 Å². The van der Waals surface area contributed by atoms with Gasteiger partial charge in [0.05, 0.1) is 6.61 Å². The van der Waals surface area contributed by atoms with Gasteiger partial charge in [0.15, 0.2) is 5.84 Å². The van der Waals surface area contributed by atoms with Crippen molar-refractivity contribution < 1.29 is 14.7 Å². The van der Waals surface area contributed by atoms with E-state index in [9.17, 15) is 4.79 Å². The van der Waals surface area contributed by atoms with Gasteiger partial charge in [-0.1, -0.05) is 19.0 Å². The maximum absolute atomic E-state index is 12.2. The first-order valence-corrected chi connectivity index (χ1v) is 6.21. The predicted molar refractivity (Wildman–Crippen MR) is 68.3 cm³/mol. The molecule has 18 heavy (non-hydrogen) atoms. The number of nitrogens with zero attached hydrogens (tertiary/aromatic N) is 1. The van der Waals surface area contributed by atoms with E-state index >= 15 is 0 Å². The van der Waals surface area contributed by atoms with Gasteiger partial charge in [-0.25, -0.2) is 0 Å². The van der Waals surface area contributed by atoms with E-state index in [-0.39, 0.29) is 17.7 Å². The molecule has 0 aromatic carbocycles. The Balaban J connectivity index is 2.57. The molecule has 0 radical (unpaired) electrons. The normalized spacial score (nSPS) is 29.5. The van der Waals surface area contributed by atoms with Gasteiger partial charge in [0.1, 0.15) is 5.41 Å². The number of rotatable bonds is 6. The van der Waals surface area contributed by atoms with Crippen LogP contribution in [0.2, 0.25) is 0 Å². The van der Waals surface area contributed by atoms with Gasteiger partial charge >= 0.3 is 0 Å². The van der Waals surface area contributed by atoms with Crippen LogP contribution in [0, 0.1) is 17.3 Å². The molecule has 104 valence electrons. The van der Waals surface area contributed by atoms with Crippen LogP contribution < -0.4 is 11.1 Å². The topological polar surface area (TPSA) is 96.9 Å². The second kappa shape index (κ2) is 6.04. The molecule has 1 aliphatic rings. The van der Waals surface area contributed by atoms with Gasteiger partial charge in [0, 0.05) is 13.7 Å². The molecule has 0 heterocycles. The Kier molecular flexibility index (Phi) is 4.95. The van der Waals surface area contributed by atoms with Crippen molar-refractivity contribution in [1.82, 2.24) is 5.32 Å². The lowest BCUT2D eigenvalue weighted by molar-refractivity contribution is -0.133. The SMILES string of the molecule is COCC(C)CNC(=O)C1(C(N)=NO)CC(C)C1. The highest BCUT2D eigenvalue weighted by Crippen LogP contribution is 2.45. The molecule has 1 atom stereocenters. The van der Waals surface area contributed by atoms with E-state index in [0.29, 0.717) is 31.9 Å². The third-order valence-electron chi connectivity index (χ3n) is 3.49. The van der Waals surface area contributed by atoms with E-state index in [1.807, 2.05) is 13.8 Å². The lowest BCUT2D eigenvalue weighted by Gasteiger charge is -2.43. The highest BCUT2D eigenvalue weighted by atomic mass is 16.5. The number of hydrogen-bond acceptors (Lipinski definition) is 4. The highest BCUT2D eigenvalue weighted by Gasteiger charge is 2.52. The summed E-state index contributed by atoms with van der Waals surface area (Å²) in [6.45, 7) is 5.15. The van der Waals surface area contributed by atoms with E-state index < -0.39 is 5.41 Å². The second-order valence-corrected chi connectivity index (χ2v) is 5.35. The maximum Gasteiger partial charge on any atom is 0.233 e. The summed E-state index contributed by atoms with van der Waals surface area (Å²) in [6.07, 6.45) is 1.26. The lowest BCUT2D eigenvalue weighted by Crippen LogP contribution is -2.57. The average Bonchev–Trinajstić information content (AvgIpc) is 2.31. The summed E-state index contributed by atoms with van der Waals surface area (Å²) in [5, 5.41) is 14.7. The zero-order valence-corrected chi connectivity index (χ0v) is 11.3. The number of amides is 1. The number of hydrogen-bond donors (Lipinski definition) is 3. The van der Waals surface area contributed by atoms with Crippen molar-refractivity contribution in [3.63, 3.8) is 0 Å². The largest absolute Gasteiger partial charge is 0.409 e. The molecule has 6 nitrogen and oxygen atoms in total. The molecule has 0 aromatic heterocycles. The molecule has 0 bridgehead atoms. The quantitative estimate of drug-likeness (QED) is 0.280. The molecule has 0 aliphatic heterocycles. The summed E-state index contributed by atoms with van der Waals surface area (Å²) in [5.41, 5.74) is 4.84. The van der Waals surface area contributed by atoms with E-state index in [2.05, 4.69) is 10.5 Å². The molecule has 0 aromatic rings. The molecule has 4 N–H and O–H groups in total. The molecular formula is C12H23N3O3. The molecule has 6 heteroatoms. The van der Waals surface area contributed by atoms with Crippen LogP contribution in [0.1, 0.15) is 26.7 Å². The molecule has 1 rings (SSSR count). The van der Waals surface area contributed by atoms with Crippen LogP contribution >= 0.6 is 0 Å². The van der Waals surface area contributed by atoms with E-state index in [0.717, 1.165) is 0 Å². The fraction of sp³-hybridized carbons (Fsp3) is 0.833. The smallest absolute Gasteiger partial charge is 0.233 e. The third kappa shape index (κ3) is 2.93. The first kappa shape index (κ1) is 14.8. The van der Waals surface area contributed by atoms with Crippen molar-refractivity contribution in [2.45, 2.75) is 26.7 Å². The Morgan fingerprint density at radius 3 is 2.72 bits per heavy atom. The average molecular weight is 257 g/mol. The Hall–Kier alpha value is -1.30. The van der Waals surface area contributed by atoms with Crippen LogP contribution in [0.25, 0.3) is 0 Å². The lowest BCUT2D eigenvalue weighted by atomic mass is 9.61. The number of carbonyl (C=O) groups is 1.